The second kappa shape index (κ2) is 17.0. The molecule has 0 aromatic heterocycles. The Kier molecular flexibility index (Phi) is 16.0. The summed E-state index contributed by atoms with van der Waals surface area (Å²) in [5, 5.41) is 0. The first kappa shape index (κ1) is 21.6. The molecule has 0 unspecified atom stereocenters. The summed E-state index contributed by atoms with van der Waals surface area (Å²) in [6.07, 6.45) is 1.81. The van der Waals surface area contributed by atoms with E-state index in [1.807, 2.05) is 0 Å². The van der Waals surface area contributed by atoms with Crippen molar-refractivity contribution in [3.05, 3.63) is 24.3 Å². The van der Waals surface area contributed by atoms with E-state index >= 15 is 0 Å². The number of hydrogen-bond donors (Lipinski definition) is 4. The van der Waals surface area contributed by atoms with Crippen molar-refractivity contribution in [2.45, 2.75) is 12.8 Å². The highest BCUT2D eigenvalue weighted by Crippen LogP contribution is 2.04. The lowest BCUT2D eigenvalue weighted by molar-refractivity contribution is 0.0143. The van der Waals surface area contributed by atoms with E-state index in [4.69, 9.17) is 37.1 Å². The number of nitrogen functional groups attached to an aromatic ring is 2. The first-order chi connectivity index (χ1) is 11.2. The molecule has 0 atom stereocenters. The summed E-state index contributed by atoms with van der Waals surface area (Å²) in [6.45, 7) is 5.27. The fourth-order valence-corrected chi connectivity index (χ4v) is 1.41. The lowest BCUT2D eigenvalue weighted by Gasteiger charge is -2.06. The molecule has 0 saturated heterocycles. The van der Waals surface area contributed by atoms with Crippen molar-refractivity contribution in [3.63, 3.8) is 0 Å². The van der Waals surface area contributed by atoms with Crippen molar-refractivity contribution in [1.82, 2.24) is 0 Å². The van der Waals surface area contributed by atoms with Crippen LogP contribution in [0.2, 0.25) is 0 Å². The minimum atomic E-state index is 0.616. The molecule has 1 aromatic rings. The standard InChI is InChI=1S/C10H24N2O3.C6H8N2/c11-3-1-5-13-7-9-15-10-8-14-6-2-4-12;7-5-1-2-6(8)4-3-5/h1-12H2;1-4H,7-8H2. The monoisotopic (exact) mass is 328 g/mol. The van der Waals surface area contributed by atoms with Crippen LogP contribution < -0.4 is 22.9 Å². The van der Waals surface area contributed by atoms with Crippen LogP contribution in [0.4, 0.5) is 11.4 Å². The predicted octanol–water partition coefficient (Wildman–Crippen LogP) is 0.585. The third-order valence-corrected chi connectivity index (χ3v) is 2.67. The molecule has 1 rings (SSSR count). The molecule has 0 amide bonds. The van der Waals surface area contributed by atoms with E-state index in [0.717, 1.165) is 24.2 Å². The number of hydrogen-bond acceptors (Lipinski definition) is 7. The first-order valence-electron chi connectivity index (χ1n) is 7.95. The van der Waals surface area contributed by atoms with Gasteiger partial charge in [-0.1, -0.05) is 0 Å². The molecule has 0 spiro atoms. The molecule has 0 saturated carbocycles. The van der Waals surface area contributed by atoms with Crippen molar-refractivity contribution in [2.24, 2.45) is 11.5 Å². The van der Waals surface area contributed by atoms with Gasteiger partial charge in [-0.2, -0.15) is 0 Å². The average molecular weight is 328 g/mol. The van der Waals surface area contributed by atoms with Crippen molar-refractivity contribution < 1.29 is 14.2 Å². The van der Waals surface area contributed by atoms with Crippen LogP contribution in [0.1, 0.15) is 12.8 Å². The van der Waals surface area contributed by atoms with Crippen LogP contribution in [-0.2, 0) is 14.2 Å². The van der Waals surface area contributed by atoms with Crippen LogP contribution >= 0.6 is 0 Å². The topological polar surface area (TPSA) is 132 Å². The lowest BCUT2D eigenvalue weighted by Crippen LogP contribution is -2.12. The second-order valence-electron chi connectivity index (χ2n) is 4.79. The SMILES string of the molecule is NCCCOCCOCCOCCCN.Nc1ccc(N)cc1. The van der Waals surface area contributed by atoms with Gasteiger partial charge in [0.1, 0.15) is 0 Å². The molecule has 7 heteroatoms. The van der Waals surface area contributed by atoms with Crippen LogP contribution in [0.3, 0.4) is 0 Å². The van der Waals surface area contributed by atoms with Crippen LogP contribution in [0.15, 0.2) is 24.3 Å². The summed E-state index contributed by atoms with van der Waals surface area (Å²) in [6, 6.07) is 7.09. The van der Waals surface area contributed by atoms with E-state index in [1.54, 1.807) is 24.3 Å². The van der Waals surface area contributed by atoms with Gasteiger partial charge in [0.25, 0.3) is 0 Å². The average Bonchev–Trinajstić information content (AvgIpc) is 2.56. The van der Waals surface area contributed by atoms with Gasteiger partial charge in [0.2, 0.25) is 0 Å². The van der Waals surface area contributed by atoms with E-state index < -0.39 is 0 Å². The Hall–Kier alpha value is -1.38. The largest absolute Gasteiger partial charge is 0.399 e. The van der Waals surface area contributed by atoms with Crippen LogP contribution in [-0.4, -0.2) is 52.7 Å². The van der Waals surface area contributed by atoms with Gasteiger partial charge in [-0.3, -0.25) is 0 Å². The van der Waals surface area contributed by atoms with Crippen molar-refractivity contribution in [1.29, 1.82) is 0 Å². The van der Waals surface area contributed by atoms with Crippen molar-refractivity contribution in [2.75, 3.05) is 64.2 Å². The van der Waals surface area contributed by atoms with Crippen molar-refractivity contribution >= 4 is 11.4 Å². The Morgan fingerprint density at radius 1 is 0.565 bits per heavy atom. The third-order valence-electron chi connectivity index (χ3n) is 2.67. The van der Waals surface area contributed by atoms with E-state index in [-0.39, 0.29) is 0 Å². The normalized spacial score (nSPS) is 10.2. The van der Waals surface area contributed by atoms with Crippen molar-refractivity contribution in [3.8, 4) is 0 Å². The van der Waals surface area contributed by atoms with E-state index in [9.17, 15) is 0 Å². The Morgan fingerprint density at radius 3 is 1.17 bits per heavy atom. The Morgan fingerprint density at radius 2 is 0.870 bits per heavy atom. The Labute approximate surface area is 139 Å². The van der Waals surface area contributed by atoms with Gasteiger partial charge in [0.05, 0.1) is 26.4 Å². The smallest absolute Gasteiger partial charge is 0.0701 e. The summed E-state index contributed by atoms with van der Waals surface area (Å²) in [5.74, 6) is 0. The number of rotatable bonds is 12. The molecule has 0 heterocycles. The maximum atomic E-state index is 5.37. The molecule has 23 heavy (non-hydrogen) atoms. The molecule has 7 nitrogen and oxygen atoms in total. The highest BCUT2D eigenvalue weighted by molar-refractivity contribution is 5.47. The molecular formula is C16H32N4O3. The fourth-order valence-electron chi connectivity index (χ4n) is 1.41. The Bertz CT molecular complexity index is 317. The zero-order valence-electron chi connectivity index (χ0n) is 13.9. The minimum Gasteiger partial charge on any atom is -0.399 e. The predicted molar refractivity (Wildman–Crippen MR) is 95.1 cm³/mol. The van der Waals surface area contributed by atoms with Gasteiger partial charge in [-0.15, -0.1) is 0 Å². The molecule has 0 aliphatic rings. The number of nitrogens with two attached hydrogens (primary N) is 4. The highest BCUT2D eigenvalue weighted by Gasteiger charge is 1.91. The summed E-state index contributed by atoms with van der Waals surface area (Å²) in [7, 11) is 0. The second-order valence-corrected chi connectivity index (χ2v) is 4.79. The third kappa shape index (κ3) is 16.8. The Balaban J connectivity index is 0.000000502. The van der Waals surface area contributed by atoms with E-state index in [1.165, 1.54) is 0 Å². The van der Waals surface area contributed by atoms with Crippen LogP contribution in [0.5, 0.6) is 0 Å². The zero-order valence-corrected chi connectivity index (χ0v) is 13.9. The highest BCUT2D eigenvalue weighted by atomic mass is 16.5. The van der Waals surface area contributed by atoms with Gasteiger partial charge >= 0.3 is 0 Å². The minimum absolute atomic E-state index is 0.616. The molecule has 134 valence electrons. The number of benzene rings is 1. The van der Waals surface area contributed by atoms with E-state index in [0.29, 0.717) is 52.7 Å². The van der Waals surface area contributed by atoms with Gasteiger partial charge in [-0.05, 0) is 50.2 Å². The summed E-state index contributed by atoms with van der Waals surface area (Å²) < 4.78 is 15.8. The van der Waals surface area contributed by atoms with Crippen LogP contribution in [0.25, 0.3) is 0 Å². The van der Waals surface area contributed by atoms with Gasteiger partial charge in [0, 0.05) is 24.6 Å². The summed E-state index contributed by atoms with van der Waals surface area (Å²) in [4.78, 5) is 0. The summed E-state index contributed by atoms with van der Waals surface area (Å²) in [5.41, 5.74) is 22.9. The van der Waals surface area contributed by atoms with Gasteiger partial charge in [-0.25, -0.2) is 0 Å². The molecule has 0 aliphatic heterocycles. The summed E-state index contributed by atoms with van der Waals surface area (Å²) >= 11 is 0. The molecule has 8 N–H and O–H groups in total. The zero-order chi connectivity index (χ0) is 17.2. The quantitative estimate of drug-likeness (QED) is 0.326. The maximum absolute atomic E-state index is 5.37. The molecule has 0 radical (unpaired) electrons. The maximum Gasteiger partial charge on any atom is 0.0701 e. The van der Waals surface area contributed by atoms with E-state index in [2.05, 4.69) is 0 Å². The molecular weight excluding hydrogens is 296 g/mol. The molecule has 0 fully saturated rings. The molecule has 0 aliphatic carbocycles. The fraction of sp³-hybridized carbons (Fsp3) is 0.625. The lowest BCUT2D eigenvalue weighted by atomic mass is 10.3. The molecule has 1 aromatic carbocycles. The molecule has 0 bridgehead atoms. The number of anilines is 2. The first-order valence-corrected chi connectivity index (χ1v) is 7.95. The number of ether oxygens (including phenoxy) is 3. The van der Waals surface area contributed by atoms with Gasteiger partial charge in [0.15, 0.2) is 0 Å². The van der Waals surface area contributed by atoms with Gasteiger partial charge < -0.3 is 37.1 Å². The van der Waals surface area contributed by atoms with Crippen LogP contribution in [0, 0.1) is 0 Å².